The van der Waals surface area contributed by atoms with Crippen molar-refractivity contribution in [3.05, 3.63) is 29.3 Å². The molecule has 0 aliphatic heterocycles. The van der Waals surface area contributed by atoms with Gasteiger partial charge in [-0.25, -0.2) is 0 Å². The van der Waals surface area contributed by atoms with E-state index in [-0.39, 0.29) is 34.7 Å². The minimum atomic E-state index is -0.361. The smallest absolute Gasteiger partial charge is 0.298 e. The zero-order chi connectivity index (χ0) is 13.5. The molecule has 0 aliphatic rings. The Hall–Kier alpha value is -3.30. The summed E-state index contributed by atoms with van der Waals surface area (Å²) in [5, 5.41) is 35.7. The minimum Gasteiger partial charge on any atom is -0.504 e. The summed E-state index contributed by atoms with van der Waals surface area (Å²) in [4.78, 5) is 10.2. The van der Waals surface area contributed by atoms with Crippen LogP contribution in [0.25, 0.3) is 5.57 Å². The van der Waals surface area contributed by atoms with Crippen LogP contribution in [0.4, 0.5) is 0 Å². The van der Waals surface area contributed by atoms with Crippen molar-refractivity contribution in [2.75, 3.05) is 0 Å². The van der Waals surface area contributed by atoms with Gasteiger partial charge in [0.05, 0.1) is 5.57 Å². The van der Waals surface area contributed by atoms with Gasteiger partial charge < -0.3 is 9.84 Å². The van der Waals surface area contributed by atoms with Gasteiger partial charge >= 0.3 is 0 Å². The van der Waals surface area contributed by atoms with Crippen molar-refractivity contribution in [2.24, 2.45) is 0 Å². The van der Waals surface area contributed by atoms with Gasteiger partial charge in [0.2, 0.25) is 0 Å². The number of rotatable bonds is 3. The molecule has 0 heterocycles. The molecule has 1 rings (SSSR count). The van der Waals surface area contributed by atoms with Crippen LogP contribution < -0.4 is 4.74 Å². The summed E-state index contributed by atoms with van der Waals surface area (Å²) < 4.78 is 4.49. The summed E-state index contributed by atoms with van der Waals surface area (Å²) in [6.45, 7) is 0.115. The van der Waals surface area contributed by atoms with Crippen molar-refractivity contribution in [2.45, 2.75) is 0 Å². The van der Waals surface area contributed by atoms with Gasteiger partial charge in [-0.3, -0.25) is 4.79 Å². The molecule has 1 aromatic carbocycles. The summed E-state index contributed by atoms with van der Waals surface area (Å²) in [6, 6.07) is 8.62. The van der Waals surface area contributed by atoms with Gasteiger partial charge in [-0.2, -0.15) is 15.8 Å². The third-order valence-corrected chi connectivity index (χ3v) is 2.01. The van der Waals surface area contributed by atoms with Crippen molar-refractivity contribution < 1.29 is 14.6 Å². The lowest BCUT2D eigenvalue weighted by molar-refractivity contribution is -0.120. The molecule has 6 nitrogen and oxygen atoms in total. The van der Waals surface area contributed by atoms with Crippen LogP contribution in [0.15, 0.2) is 23.8 Å². The maximum atomic E-state index is 10.2. The van der Waals surface area contributed by atoms with E-state index in [4.69, 9.17) is 15.8 Å². The van der Waals surface area contributed by atoms with Gasteiger partial charge in [-0.1, -0.05) is 0 Å². The van der Waals surface area contributed by atoms with Crippen molar-refractivity contribution in [1.82, 2.24) is 0 Å². The van der Waals surface area contributed by atoms with Gasteiger partial charge in [0.25, 0.3) is 6.47 Å². The summed E-state index contributed by atoms with van der Waals surface area (Å²) in [5.74, 6) is -0.455. The second-order valence-corrected chi connectivity index (χ2v) is 2.98. The van der Waals surface area contributed by atoms with Crippen LogP contribution in [0.1, 0.15) is 5.56 Å². The molecule has 1 N–H and O–H groups in total. The van der Waals surface area contributed by atoms with Gasteiger partial charge in [0, 0.05) is 0 Å². The molecule has 0 aliphatic carbocycles. The van der Waals surface area contributed by atoms with Crippen LogP contribution in [-0.2, 0) is 4.79 Å². The predicted molar refractivity (Wildman–Crippen MR) is 58.6 cm³/mol. The quantitative estimate of drug-likeness (QED) is 0.626. The van der Waals surface area contributed by atoms with E-state index in [9.17, 15) is 9.90 Å². The molecule has 0 saturated carbocycles. The van der Waals surface area contributed by atoms with E-state index >= 15 is 0 Å². The summed E-state index contributed by atoms with van der Waals surface area (Å²) in [7, 11) is 0. The van der Waals surface area contributed by atoms with E-state index in [0.29, 0.717) is 0 Å². The normalized spacial score (nSPS) is 8.28. The van der Waals surface area contributed by atoms with E-state index in [1.165, 1.54) is 18.2 Å². The highest BCUT2D eigenvalue weighted by Gasteiger charge is 2.12. The molecule has 0 fully saturated rings. The largest absolute Gasteiger partial charge is 0.504 e. The maximum Gasteiger partial charge on any atom is 0.298 e. The van der Waals surface area contributed by atoms with Crippen LogP contribution >= 0.6 is 0 Å². The number of carbonyl (C=O) groups is 1. The molecule has 0 spiro atoms. The first-order valence-electron chi connectivity index (χ1n) is 4.56. The molecule has 6 heteroatoms. The lowest BCUT2D eigenvalue weighted by atomic mass is 10.0. The molecule has 0 saturated heterocycles. The number of nitrogens with zero attached hydrogens (tertiary/aromatic N) is 3. The van der Waals surface area contributed by atoms with Gasteiger partial charge in [-0.15, -0.1) is 0 Å². The Morgan fingerprint density at radius 2 is 1.89 bits per heavy atom. The van der Waals surface area contributed by atoms with Crippen molar-refractivity contribution in [3.63, 3.8) is 0 Å². The van der Waals surface area contributed by atoms with Crippen molar-refractivity contribution in [1.29, 1.82) is 15.8 Å². The molecule has 0 amide bonds. The van der Waals surface area contributed by atoms with E-state index in [0.717, 1.165) is 0 Å². The second kappa shape index (κ2) is 5.69. The Balaban J connectivity index is 3.44. The molecule has 0 atom stereocenters. The Morgan fingerprint density at radius 1 is 1.22 bits per heavy atom. The third kappa shape index (κ3) is 2.44. The number of phenolic OH excluding ortho intramolecular Hbond substituents is 1. The first-order valence-corrected chi connectivity index (χ1v) is 4.56. The first kappa shape index (κ1) is 12.8. The maximum absolute atomic E-state index is 10.2. The van der Waals surface area contributed by atoms with E-state index in [1.54, 1.807) is 18.2 Å². The predicted octanol–water partition coefficient (Wildman–Crippen LogP) is 1.25. The SMILES string of the molecule is N#CC(C#N)=C(C#N)c1ccc(O)c(OC=O)c1. The molecule has 0 bridgehead atoms. The molecular weight excluding hydrogens is 234 g/mol. The van der Waals surface area contributed by atoms with Crippen LogP contribution in [0.5, 0.6) is 11.5 Å². The number of nitriles is 3. The number of hydrogen-bond acceptors (Lipinski definition) is 6. The highest BCUT2D eigenvalue weighted by molar-refractivity contribution is 5.85. The van der Waals surface area contributed by atoms with Crippen molar-refractivity contribution in [3.8, 4) is 29.7 Å². The molecule has 0 aromatic heterocycles. The average molecular weight is 239 g/mol. The number of aromatic hydroxyl groups is 1. The van der Waals surface area contributed by atoms with E-state index in [2.05, 4.69) is 4.74 Å². The lowest BCUT2D eigenvalue weighted by Gasteiger charge is -2.04. The van der Waals surface area contributed by atoms with E-state index < -0.39 is 0 Å². The second-order valence-electron chi connectivity index (χ2n) is 2.98. The fourth-order valence-electron chi connectivity index (χ4n) is 1.22. The van der Waals surface area contributed by atoms with Gasteiger partial charge in [0.15, 0.2) is 11.5 Å². The number of hydrogen-bond donors (Lipinski definition) is 1. The van der Waals surface area contributed by atoms with Crippen LogP contribution in [-0.4, -0.2) is 11.6 Å². The van der Waals surface area contributed by atoms with Crippen molar-refractivity contribution >= 4 is 12.0 Å². The van der Waals surface area contributed by atoms with Crippen LogP contribution in [0.3, 0.4) is 0 Å². The summed E-state index contributed by atoms with van der Waals surface area (Å²) in [6.07, 6.45) is 0. The standard InChI is InChI=1S/C12H5N3O3/c13-4-9(5-14)10(6-15)8-1-2-11(17)12(3-8)18-7-16/h1-3,7,17H. The average Bonchev–Trinajstić information content (AvgIpc) is 2.39. The molecule has 86 valence electrons. The lowest BCUT2D eigenvalue weighted by Crippen LogP contribution is -1.92. The Labute approximate surface area is 102 Å². The zero-order valence-electron chi connectivity index (χ0n) is 8.91. The van der Waals surface area contributed by atoms with Gasteiger partial charge in [0.1, 0.15) is 23.8 Å². The Bertz CT molecular complexity index is 626. The third-order valence-electron chi connectivity index (χ3n) is 2.01. The zero-order valence-corrected chi connectivity index (χ0v) is 8.91. The first-order chi connectivity index (χ1) is 8.67. The molecule has 0 unspecified atom stereocenters. The number of benzene rings is 1. The topological polar surface area (TPSA) is 118 Å². The number of ether oxygens (including phenoxy) is 1. The molecular formula is C12H5N3O3. The summed E-state index contributed by atoms with van der Waals surface area (Å²) >= 11 is 0. The number of allylic oxidation sites excluding steroid dienone is 2. The summed E-state index contributed by atoms with van der Waals surface area (Å²) in [5.41, 5.74) is -0.318. The fraction of sp³-hybridized carbons (Fsp3) is 0. The van der Waals surface area contributed by atoms with Gasteiger partial charge in [-0.05, 0) is 23.8 Å². The Morgan fingerprint density at radius 3 is 2.39 bits per heavy atom. The fourth-order valence-corrected chi connectivity index (χ4v) is 1.22. The Kier molecular flexibility index (Phi) is 4.04. The molecule has 18 heavy (non-hydrogen) atoms. The van der Waals surface area contributed by atoms with Crippen LogP contribution in [0, 0.1) is 34.0 Å². The molecule has 1 aromatic rings. The minimum absolute atomic E-state index is 0.115. The molecule has 0 radical (unpaired) electrons. The number of carbonyl (C=O) groups excluding carboxylic acids is 1. The number of phenols is 1. The van der Waals surface area contributed by atoms with Crippen LogP contribution in [0.2, 0.25) is 0 Å². The highest BCUT2D eigenvalue weighted by atomic mass is 16.5. The monoisotopic (exact) mass is 239 g/mol. The highest BCUT2D eigenvalue weighted by Crippen LogP contribution is 2.30. The van der Waals surface area contributed by atoms with E-state index in [1.807, 2.05) is 0 Å².